The average Bonchev–Trinajstić information content (AvgIpc) is 2.90. The molecule has 3 aromatic rings. The van der Waals surface area contributed by atoms with Crippen LogP contribution in [0.3, 0.4) is 0 Å². The third kappa shape index (κ3) is 7.24. The third-order valence-electron chi connectivity index (χ3n) is 8.38. The van der Waals surface area contributed by atoms with Gasteiger partial charge >= 0.3 is 216 Å². The van der Waals surface area contributed by atoms with Crippen LogP contribution in [-0.4, -0.2) is 21.1 Å². The molecular weight excluding hydrogens is 551 g/mol. The van der Waals surface area contributed by atoms with E-state index in [9.17, 15) is 0 Å². The van der Waals surface area contributed by atoms with Crippen molar-refractivity contribution in [1.29, 1.82) is 0 Å². The van der Waals surface area contributed by atoms with Crippen molar-refractivity contribution >= 4 is 45.0 Å². The van der Waals surface area contributed by atoms with Crippen LogP contribution in [0.5, 0.6) is 0 Å². The fraction of sp³-hybridized carbons (Fsp3) is 0.455. The van der Waals surface area contributed by atoms with Crippen LogP contribution in [0.25, 0.3) is 0 Å². The normalized spacial score (nSPS) is 13.7. The summed E-state index contributed by atoms with van der Waals surface area (Å²) in [7, 11) is -1.60. The first-order chi connectivity index (χ1) is 17.6. The maximum atomic E-state index is 6.35. The number of benzene rings is 3. The molecule has 0 saturated carbocycles. The predicted octanol–water partition coefficient (Wildman–Crippen LogP) is 9.58. The Morgan fingerprint density at radius 2 is 0.946 bits per heavy atom. The van der Waals surface area contributed by atoms with Gasteiger partial charge in [0.25, 0.3) is 0 Å². The minimum atomic E-state index is -2.76. The molecule has 0 N–H and O–H groups in total. The molecule has 202 valence electrons. The van der Waals surface area contributed by atoms with Gasteiger partial charge in [0.05, 0.1) is 0 Å². The van der Waals surface area contributed by atoms with Crippen LogP contribution >= 0.6 is 20.8 Å². The van der Waals surface area contributed by atoms with Gasteiger partial charge in [0.2, 0.25) is 0 Å². The van der Waals surface area contributed by atoms with Gasteiger partial charge in [0.1, 0.15) is 0 Å². The monoisotopic (exact) mass is 598 g/mol. The van der Waals surface area contributed by atoms with Crippen molar-refractivity contribution in [2.75, 3.05) is 12.8 Å². The van der Waals surface area contributed by atoms with E-state index in [0.29, 0.717) is 5.04 Å². The van der Waals surface area contributed by atoms with Crippen molar-refractivity contribution in [2.45, 2.75) is 83.8 Å². The molecule has 0 spiro atoms. The van der Waals surface area contributed by atoms with E-state index < -0.39 is 13.6 Å². The van der Waals surface area contributed by atoms with E-state index in [1.165, 1.54) is 60.9 Å². The molecule has 0 fully saturated rings. The molecule has 0 bridgehead atoms. The minimum absolute atomic E-state index is 0.303. The second-order valence-electron chi connectivity index (χ2n) is 12.0. The Hall–Kier alpha value is -1.25. The molecule has 0 amide bonds. The van der Waals surface area contributed by atoms with Gasteiger partial charge in [0.15, 0.2) is 0 Å². The molecule has 0 heterocycles. The first-order valence-electron chi connectivity index (χ1n) is 14.1. The number of halogens is 1. The van der Waals surface area contributed by atoms with E-state index in [4.69, 9.17) is 4.43 Å². The van der Waals surface area contributed by atoms with Gasteiger partial charge in [-0.15, -0.1) is 0 Å². The van der Waals surface area contributed by atoms with Crippen LogP contribution in [0.4, 0.5) is 0 Å². The molecule has 0 unspecified atom stereocenters. The summed E-state index contributed by atoms with van der Waals surface area (Å²) in [5.74, 6) is 0. The zero-order valence-corrected chi connectivity index (χ0v) is 27.2. The van der Waals surface area contributed by atoms with E-state index in [1.54, 1.807) is 0 Å². The molecule has 0 aliphatic carbocycles. The summed E-state index contributed by atoms with van der Waals surface area (Å²) in [6, 6.07) is 33.5. The first-order valence-corrected chi connectivity index (χ1v) is 21.5. The molecule has 0 saturated heterocycles. The van der Waals surface area contributed by atoms with Crippen molar-refractivity contribution in [1.82, 2.24) is 0 Å². The molecule has 4 heteroatoms. The van der Waals surface area contributed by atoms with Crippen LogP contribution in [0, 0.1) is 0 Å². The van der Waals surface area contributed by atoms with Gasteiger partial charge in [-0.05, 0) is 0 Å². The Bertz CT molecular complexity index is 964. The summed E-state index contributed by atoms with van der Waals surface area (Å²) < 4.78 is 6.35. The number of hydrogen-bond acceptors (Lipinski definition) is 1. The Balaban J connectivity index is 1.61. The van der Waals surface area contributed by atoms with Crippen LogP contribution in [-0.2, 0) is 4.43 Å². The molecule has 37 heavy (non-hydrogen) atoms. The predicted molar refractivity (Wildman–Crippen MR) is 174 cm³/mol. The Kier molecular flexibility index (Phi) is 10.8. The Labute approximate surface area is 236 Å². The van der Waals surface area contributed by atoms with Crippen LogP contribution in [0.2, 0.25) is 18.1 Å². The van der Waals surface area contributed by atoms with Crippen molar-refractivity contribution in [2.24, 2.45) is 0 Å². The molecule has 3 rings (SSSR count). The summed E-state index contributed by atoms with van der Waals surface area (Å²) in [5.41, 5.74) is 0. The fourth-order valence-electron chi connectivity index (χ4n) is 4.99. The van der Waals surface area contributed by atoms with E-state index in [0.717, 1.165) is 12.8 Å². The van der Waals surface area contributed by atoms with E-state index in [1.807, 2.05) is 0 Å². The quantitative estimate of drug-likeness (QED) is 0.102. The van der Waals surface area contributed by atoms with E-state index in [-0.39, 0.29) is 0 Å². The Morgan fingerprint density at radius 1 is 0.595 bits per heavy atom. The molecule has 0 aliphatic heterocycles. The molecule has 0 atom stereocenters. The van der Waals surface area contributed by atoms with Crippen molar-refractivity contribution in [3.8, 4) is 0 Å². The van der Waals surface area contributed by atoms with Gasteiger partial charge in [-0.3, -0.25) is 0 Å². The maximum absolute atomic E-state index is 6.35. The number of hydrogen-bond donors (Lipinski definition) is 0. The zero-order chi connectivity index (χ0) is 26.9. The first kappa shape index (κ1) is 30.3. The van der Waals surface area contributed by atoms with Crippen molar-refractivity contribution in [3.05, 3.63) is 91.0 Å². The molecule has 0 aliphatic rings. The Morgan fingerprint density at radius 3 is 1.32 bits per heavy atom. The second kappa shape index (κ2) is 13.2. The van der Waals surface area contributed by atoms with Gasteiger partial charge in [0, 0.05) is 0 Å². The van der Waals surface area contributed by atoms with Gasteiger partial charge < -0.3 is 0 Å². The van der Waals surface area contributed by atoms with Crippen LogP contribution < -0.4 is 15.9 Å². The molecular formula is C33H48BrOPSi. The molecule has 0 aromatic heterocycles. The molecule has 1 nitrogen and oxygen atoms in total. The number of unbranched alkanes of at least 4 members (excludes halogenated alkanes) is 6. The van der Waals surface area contributed by atoms with E-state index in [2.05, 4.69) is 140 Å². The average molecular weight is 600 g/mol. The van der Waals surface area contributed by atoms with Gasteiger partial charge in [-0.2, -0.15) is 0 Å². The van der Waals surface area contributed by atoms with E-state index >= 15 is 0 Å². The zero-order valence-electron chi connectivity index (χ0n) is 23.8. The second-order valence-corrected chi connectivity index (χ2v) is 25.9. The summed E-state index contributed by atoms with van der Waals surface area (Å²) >= 11 is 4.58. The topological polar surface area (TPSA) is 9.23 Å². The summed E-state index contributed by atoms with van der Waals surface area (Å²) in [4.78, 5) is 0. The van der Waals surface area contributed by atoms with Crippen LogP contribution in [0.1, 0.15) is 65.7 Å². The fourth-order valence-corrected chi connectivity index (χ4v) is 13.8. The van der Waals surface area contributed by atoms with Crippen molar-refractivity contribution < 1.29 is 4.43 Å². The van der Waals surface area contributed by atoms with Crippen molar-refractivity contribution in [3.63, 3.8) is 0 Å². The van der Waals surface area contributed by atoms with Gasteiger partial charge in [-0.1, -0.05) is 20.8 Å². The molecule has 0 radical (unpaired) electrons. The summed E-state index contributed by atoms with van der Waals surface area (Å²) in [6.45, 7) is 12.6. The summed E-state index contributed by atoms with van der Waals surface area (Å²) in [6.07, 6.45) is 10.1. The number of rotatable bonds is 14. The SMILES string of the molecule is CC(C)(C)[Si](C)(C)OCCCCCCCCCP(Br)(c1ccccc1)(c1ccccc1)c1ccccc1. The van der Waals surface area contributed by atoms with Gasteiger partial charge in [-0.25, -0.2) is 0 Å². The summed E-state index contributed by atoms with van der Waals surface area (Å²) in [5, 5.41) is 1.82. The molecule has 3 aromatic carbocycles. The van der Waals surface area contributed by atoms with Crippen LogP contribution in [0.15, 0.2) is 91.0 Å². The standard InChI is InChI=1S/C33H48BrOPSi/c1-33(2,3)37(4,5)35-28-20-9-7-6-8-10-21-29-36(34,30-22-14-11-15-23-30,31-24-16-12-17-25-31)32-26-18-13-19-27-32/h11-19,22-27H,6-10,20-21,28-29H2,1-5H3. The third-order valence-corrected chi connectivity index (χ3v) is 22.9.